The van der Waals surface area contributed by atoms with E-state index in [2.05, 4.69) is 37.9 Å². The van der Waals surface area contributed by atoms with Crippen LogP contribution in [0, 0.1) is 24.5 Å². The van der Waals surface area contributed by atoms with Crippen LogP contribution in [0.1, 0.15) is 76.9 Å². The van der Waals surface area contributed by atoms with Gasteiger partial charge in [-0.2, -0.15) is 10.1 Å². The smallest absolute Gasteiger partial charge is 0.280 e. The van der Waals surface area contributed by atoms with Crippen molar-refractivity contribution in [1.82, 2.24) is 29.9 Å². The van der Waals surface area contributed by atoms with Gasteiger partial charge in [0, 0.05) is 81.3 Å². The number of carbonyl (C=O) groups is 4. The summed E-state index contributed by atoms with van der Waals surface area (Å²) in [5, 5.41) is 12.8. The van der Waals surface area contributed by atoms with Crippen LogP contribution in [0.3, 0.4) is 0 Å². The van der Waals surface area contributed by atoms with Crippen LogP contribution in [0.25, 0.3) is 11.3 Å². The third-order valence-corrected chi connectivity index (χ3v) is 12.0. The molecule has 4 atom stereocenters. The molecule has 2 aromatic heterocycles. The molecule has 0 spiro atoms. The number of fused-ring (bicyclic) bond motifs is 7. The van der Waals surface area contributed by atoms with Gasteiger partial charge in [-0.1, -0.05) is 6.92 Å². The highest BCUT2D eigenvalue weighted by Gasteiger charge is 2.36. The Balaban J connectivity index is 0.919. The van der Waals surface area contributed by atoms with Gasteiger partial charge in [0.15, 0.2) is 0 Å². The Hall–Kier alpha value is -6.30. The number of likely N-dealkylation sites (tertiary alicyclic amines) is 1. The first-order valence-corrected chi connectivity index (χ1v) is 20.9. The molecule has 0 aliphatic carbocycles. The van der Waals surface area contributed by atoms with Crippen LogP contribution >= 0.6 is 0 Å². The van der Waals surface area contributed by atoms with Gasteiger partial charge in [-0.25, -0.2) is 17.9 Å². The number of piperidine rings is 2. The van der Waals surface area contributed by atoms with Gasteiger partial charge in [0.25, 0.3) is 11.8 Å². The summed E-state index contributed by atoms with van der Waals surface area (Å²) >= 11 is 0. The van der Waals surface area contributed by atoms with Crippen LogP contribution < -0.4 is 25.6 Å². The van der Waals surface area contributed by atoms with Crippen molar-refractivity contribution < 1.29 is 37.1 Å². The summed E-state index contributed by atoms with van der Waals surface area (Å²) in [6.07, 6.45) is 2.25. The third-order valence-electron chi connectivity index (χ3n) is 12.0. The first-order valence-electron chi connectivity index (χ1n) is 20.9. The Morgan fingerprint density at radius 2 is 1.82 bits per heavy atom. The van der Waals surface area contributed by atoms with E-state index in [0.29, 0.717) is 84.0 Å². The molecule has 6 heterocycles. The maximum Gasteiger partial charge on any atom is 0.280 e. The summed E-state index contributed by atoms with van der Waals surface area (Å²) in [6, 6.07) is 10.1. The van der Waals surface area contributed by atoms with E-state index in [1.807, 2.05) is 16.7 Å². The van der Waals surface area contributed by atoms with E-state index >= 15 is 13.2 Å². The number of hydrogen-bond acceptors (Lipinski definition) is 11. The number of alkyl halides is 1. The average molecular weight is 855 g/mol. The molecule has 2 fully saturated rings. The standard InChI is InChI=1S/C44H49F3N10O5/c1-24-6-5-15-62-43-30(21-49-55(43)4)35-17-27(16-25(2)50-35)40(59)53-44-51-34-9-7-26(18-37(34)57(44)22-24)42(61)54(3)36-11-13-56(23-33(36)47)14-12-48-28-19-31(45)39(32(46)20-28)29-8-10-38(58)52-41(29)60/h7,9,16-21,24,29,33,36,48H,5-6,8,10-15,22-23H2,1-4H3,(H,51,53,59)(H,52,58,60)/t24-,29-,33+,36+/m1/s1. The van der Waals surface area contributed by atoms with E-state index in [0.717, 1.165) is 25.0 Å². The minimum atomic E-state index is -1.36. The van der Waals surface area contributed by atoms with Crippen molar-refractivity contribution >= 4 is 46.7 Å². The number of aryl methyl sites for hydroxylation is 2. The summed E-state index contributed by atoms with van der Waals surface area (Å²) in [5.41, 5.74) is 3.73. The van der Waals surface area contributed by atoms with Crippen LogP contribution in [0.15, 0.2) is 53.7 Å². The molecule has 2 bridgehead atoms. The molecular formula is C44H49F3N10O5. The highest BCUT2D eigenvalue weighted by Crippen LogP contribution is 2.37. The average Bonchev–Trinajstić information content (AvgIpc) is 3.76. The minimum Gasteiger partial charge on any atom is -0.477 e. The van der Waals surface area contributed by atoms with E-state index in [9.17, 15) is 19.2 Å². The molecule has 2 aromatic carbocycles. The Labute approximate surface area is 356 Å². The van der Waals surface area contributed by atoms with E-state index in [4.69, 9.17) is 4.74 Å². The fourth-order valence-electron chi connectivity index (χ4n) is 8.73. The monoisotopic (exact) mass is 854 g/mol. The van der Waals surface area contributed by atoms with Crippen LogP contribution in [0.2, 0.25) is 0 Å². The van der Waals surface area contributed by atoms with Crippen molar-refractivity contribution in [1.29, 1.82) is 0 Å². The number of imide groups is 1. The second kappa shape index (κ2) is 17.6. The number of amides is 4. The molecule has 4 amide bonds. The second-order valence-electron chi connectivity index (χ2n) is 16.5. The molecule has 0 saturated carbocycles. The second-order valence-corrected chi connectivity index (χ2v) is 16.5. The van der Waals surface area contributed by atoms with Gasteiger partial charge in [-0.15, -0.1) is 0 Å². The molecule has 4 aliphatic rings. The molecule has 0 unspecified atom stereocenters. The number of anilines is 3. The largest absolute Gasteiger partial charge is 0.477 e. The molecule has 326 valence electrons. The number of pyridine rings is 1. The molecular weight excluding hydrogens is 806 g/mol. The lowest BCUT2D eigenvalue weighted by Crippen LogP contribution is -2.53. The molecule has 8 rings (SSSR count). The van der Waals surface area contributed by atoms with E-state index < -0.39 is 47.5 Å². The quantitative estimate of drug-likeness (QED) is 0.203. The predicted molar refractivity (Wildman–Crippen MR) is 226 cm³/mol. The lowest BCUT2D eigenvalue weighted by molar-refractivity contribution is -0.134. The van der Waals surface area contributed by atoms with Crippen molar-refractivity contribution in [3.63, 3.8) is 0 Å². The molecule has 4 aromatic rings. The maximum atomic E-state index is 15.9. The number of halogens is 3. The molecule has 2 saturated heterocycles. The van der Waals surface area contributed by atoms with Crippen molar-refractivity contribution in [2.75, 3.05) is 61.9 Å². The molecule has 62 heavy (non-hydrogen) atoms. The Morgan fingerprint density at radius 1 is 1.03 bits per heavy atom. The van der Waals surface area contributed by atoms with Gasteiger partial charge in [-0.05, 0) is 81.0 Å². The number of hydrogen-bond donors (Lipinski definition) is 3. The number of carbonyl (C=O) groups excluding carboxylic acids is 4. The van der Waals surface area contributed by atoms with E-state index in [1.54, 1.807) is 55.3 Å². The highest BCUT2D eigenvalue weighted by atomic mass is 19.1. The SMILES string of the molecule is Cc1cc2cc(n1)-c1cnn(C)c1OCCC[C@@H](C)CN1/C(=N/C2=O)Nc2ccc(C(=O)N(C)[C@H]3CCN(CCNc4cc(F)c([C@H]5CCC(=O)NC5=O)c(F)c4)C[C@@H]3F)cc21. The van der Waals surface area contributed by atoms with Gasteiger partial charge < -0.3 is 25.2 Å². The lowest BCUT2D eigenvalue weighted by Gasteiger charge is -2.39. The highest BCUT2D eigenvalue weighted by molar-refractivity contribution is 6.19. The van der Waals surface area contributed by atoms with Crippen molar-refractivity contribution in [3.8, 4) is 17.1 Å². The number of nitrogens with zero attached hydrogens (tertiary/aromatic N) is 7. The van der Waals surface area contributed by atoms with Gasteiger partial charge in [-0.3, -0.25) is 34.4 Å². The minimum absolute atomic E-state index is 0.00235. The summed E-state index contributed by atoms with van der Waals surface area (Å²) in [4.78, 5) is 66.0. The summed E-state index contributed by atoms with van der Waals surface area (Å²) in [6.45, 7) is 6.05. The number of aromatic nitrogens is 3. The predicted octanol–water partition coefficient (Wildman–Crippen LogP) is 5.42. The van der Waals surface area contributed by atoms with E-state index in [-0.39, 0.29) is 49.0 Å². The Bertz CT molecular complexity index is 2440. The third kappa shape index (κ3) is 8.73. The van der Waals surface area contributed by atoms with Crippen LogP contribution in [-0.4, -0.2) is 113 Å². The Kier molecular flexibility index (Phi) is 12.0. The number of guanidine groups is 1. The van der Waals surface area contributed by atoms with Crippen molar-refractivity contribution in [2.24, 2.45) is 18.0 Å². The number of benzene rings is 2. The van der Waals surface area contributed by atoms with Crippen LogP contribution in [0.5, 0.6) is 5.88 Å². The van der Waals surface area contributed by atoms with Crippen molar-refractivity contribution in [3.05, 3.63) is 82.7 Å². The van der Waals surface area contributed by atoms with Gasteiger partial charge in [0.2, 0.25) is 23.7 Å². The topological polar surface area (TPSA) is 166 Å². The van der Waals surface area contributed by atoms with Gasteiger partial charge in [0.05, 0.1) is 47.4 Å². The molecule has 18 heteroatoms. The lowest BCUT2D eigenvalue weighted by atomic mass is 9.89. The summed E-state index contributed by atoms with van der Waals surface area (Å²) in [5.74, 6) is -3.85. The zero-order valence-electron chi connectivity index (χ0n) is 35.0. The van der Waals surface area contributed by atoms with Crippen LogP contribution in [-0.2, 0) is 16.6 Å². The Morgan fingerprint density at radius 3 is 2.58 bits per heavy atom. The van der Waals surface area contributed by atoms with E-state index in [1.165, 1.54) is 4.90 Å². The van der Waals surface area contributed by atoms with Crippen molar-refractivity contribution in [2.45, 2.75) is 64.1 Å². The fourth-order valence-corrected chi connectivity index (χ4v) is 8.73. The number of rotatable bonds is 7. The summed E-state index contributed by atoms with van der Waals surface area (Å²) < 4.78 is 53.7. The molecule has 4 aliphatic heterocycles. The molecule has 15 nitrogen and oxygen atoms in total. The number of nitrogens with one attached hydrogen (secondary N) is 3. The van der Waals surface area contributed by atoms with Crippen LogP contribution in [0.4, 0.5) is 30.2 Å². The maximum absolute atomic E-state index is 15.9. The number of aliphatic imine (C=N–C) groups is 1. The molecule has 0 radical (unpaired) electrons. The normalized spacial score (nSPS) is 22.7. The zero-order chi connectivity index (χ0) is 43.8. The zero-order valence-corrected chi connectivity index (χ0v) is 35.0. The first kappa shape index (κ1) is 42.4. The van der Waals surface area contributed by atoms with Gasteiger partial charge in [0.1, 0.15) is 17.8 Å². The molecule has 3 N–H and O–H groups in total. The number of ether oxygens (including phenoxy) is 1. The summed E-state index contributed by atoms with van der Waals surface area (Å²) in [7, 11) is 3.40. The fraction of sp³-hybridized carbons (Fsp3) is 0.432. The van der Waals surface area contributed by atoms with Gasteiger partial charge >= 0.3 is 0 Å². The first-order chi connectivity index (χ1) is 29.7.